The summed E-state index contributed by atoms with van der Waals surface area (Å²) in [7, 11) is 1.96. The zero-order valence-corrected chi connectivity index (χ0v) is 17.7. The number of para-hydroxylation sites is 1. The summed E-state index contributed by atoms with van der Waals surface area (Å²) >= 11 is 0. The van der Waals surface area contributed by atoms with Gasteiger partial charge < -0.3 is 14.6 Å². The Balaban J connectivity index is 1.24. The quantitative estimate of drug-likeness (QED) is 0.531. The fourth-order valence-electron chi connectivity index (χ4n) is 4.81. The molecule has 160 valence electrons. The van der Waals surface area contributed by atoms with Crippen LogP contribution in [-0.2, 0) is 12.6 Å². The lowest BCUT2D eigenvalue weighted by Crippen LogP contribution is -2.49. The first kappa shape index (κ1) is 18.8. The van der Waals surface area contributed by atoms with Crippen molar-refractivity contribution < 1.29 is 9.53 Å². The minimum atomic E-state index is -0.467. The zero-order chi connectivity index (χ0) is 21.7. The molecule has 0 atom stereocenters. The third kappa shape index (κ3) is 2.83. The maximum absolute atomic E-state index is 13.1. The fraction of sp³-hybridized carbons (Fsp3) is 0.250. The van der Waals surface area contributed by atoms with Gasteiger partial charge in [0.05, 0.1) is 18.1 Å². The van der Waals surface area contributed by atoms with Gasteiger partial charge in [0.2, 0.25) is 0 Å². The van der Waals surface area contributed by atoms with Crippen molar-refractivity contribution in [3.63, 3.8) is 0 Å². The van der Waals surface area contributed by atoms with E-state index in [0.29, 0.717) is 37.4 Å². The van der Waals surface area contributed by atoms with Crippen LogP contribution in [-0.4, -0.2) is 48.6 Å². The van der Waals surface area contributed by atoms with Gasteiger partial charge in [0.15, 0.2) is 0 Å². The van der Waals surface area contributed by atoms with Crippen LogP contribution in [0.4, 0.5) is 0 Å². The molecular formula is C24H22N6O2. The molecule has 2 aliphatic heterocycles. The number of aromatic nitrogens is 5. The SMILES string of the molecule is Cn1ncc2c1-c1ccccc1OC21CCN(C(=O)c2cnc(-c3ccncc3)[nH]2)CC1. The van der Waals surface area contributed by atoms with Crippen LogP contribution in [0.3, 0.4) is 0 Å². The number of hydrogen-bond donors (Lipinski definition) is 1. The van der Waals surface area contributed by atoms with E-state index in [-0.39, 0.29) is 5.91 Å². The molecule has 0 saturated carbocycles. The van der Waals surface area contributed by atoms with Gasteiger partial charge in [0.1, 0.15) is 22.9 Å². The van der Waals surface area contributed by atoms with E-state index in [4.69, 9.17) is 4.74 Å². The van der Waals surface area contributed by atoms with Crippen LogP contribution in [0.15, 0.2) is 61.2 Å². The molecule has 4 aromatic rings. The number of carbonyl (C=O) groups is 1. The van der Waals surface area contributed by atoms with Crippen LogP contribution >= 0.6 is 0 Å². The van der Waals surface area contributed by atoms with E-state index in [9.17, 15) is 4.79 Å². The molecule has 1 spiro atoms. The van der Waals surface area contributed by atoms with Gasteiger partial charge in [-0.25, -0.2) is 4.98 Å². The van der Waals surface area contributed by atoms with Crippen LogP contribution < -0.4 is 4.74 Å². The monoisotopic (exact) mass is 426 g/mol. The summed E-state index contributed by atoms with van der Waals surface area (Å²) in [5, 5.41) is 4.52. The number of H-pyrrole nitrogens is 1. The van der Waals surface area contributed by atoms with Gasteiger partial charge in [-0.05, 0) is 24.3 Å². The lowest BCUT2D eigenvalue weighted by molar-refractivity contribution is -0.00187. The first-order chi connectivity index (χ1) is 15.6. The Kier molecular flexibility index (Phi) is 4.14. The van der Waals surface area contributed by atoms with Crippen LogP contribution in [0.25, 0.3) is 22.6 Å². The Bertz CT molecular complexity index is 1300. The number of benzene rings is 1. The maximum Gasteiger partial charge on any atom is 0.271 e. The molecule has 1 aromatic carbocycles. The number of rotatable bonds is 2. The summed E-state index contributed by atoms with van der Waals surface area (Å²) in [5.74, 6) is 1.49. The largest absolute Gasteiger partial charge is 0.482 e. The minimum Gasteiger partial charge on any atom is -0.482 e. The Morgan fingerprint density at radius 1 is 1.09 bits per heavy atom. The second kappa shape index (κ2) is 7.05. The van der Waals surface area contributed by atoms with Crippen molar-refractivity contribution in [3.05, 3.63) is 72.4 Å². The molecule has 32 heavy (non-hydrogen) atoms. The van der Waals surface area contributed by atoms with Crippen LogP contribution in [0.5, 0.6) is 5.75 Å². The molecule has 8 nitrogen and oxygen atoms in total. The molecule has 6 rings (SSSR count). The number of imidazole rings is 1. The fourth-order valence-corrected chi connectivity index (χ4v) is 4.81. The van der Waals surface area contributed by atoms with E-state index >= 15 is 0 Å². The zero-order valence-electron chi connectivity index (χ0n) is 17.7. The van der Waals surface area contributed by atoms with Gasteiger partial charge in [-0.15, -0.1) is 0 Å². The van der Waals surface area contributed by atoms with Gasteiger partial charge in [-0.2, -0.15) is 5.10 Å². The van der Waals surface area contributed by atoms with Gasteiger partial charge in [0, 0.05) is 62.1 Å². The molecule has 0 aliphatic carbocycles. The Labute approximate surface area is 184 Å². The van der Waals surface area contributed by atoms with Crippen molar-refractivity contribution in [2.75, 3.05) is 13.1 Å². The van der Waals surface area contributed by atoms with Crippen molar-refractivity contribution in [1.29, 1.82) is 0 Å². The molecule has 0 radical (unpaired) electrons. The van der Waals surface area contributed by atoms with Crippen molar-refractivity contribution in [1.82, 2.24) is 29.6 Å². The molecule has 0 unspecified atom stereocenters. The normalized spacial score (nSPS) is 16.3. The van der Waals surface area contributed by atoms with Crippen LogP contribution in [0.2, 0.25) is 0 Å². The lowest BCUT2D eigenvalue weighted by atomic mass is 9.81. The second-order valence-corrected chi connectivity index (χ2v) is 8.30. The number of piperidine rings is 1. The summed E-state index contributed by atoms with van der Waals surface area (Å²) in [5.41, 5.74) is 4.19. The van der Waals surface area contributed by atoms with Gasteiger partial charge >= 0.3 is 0 Å². The predicted octanol–water partition coefficient (Wildman–Crippen LogP) is 3.40. The third-order valence-corrected chi connectivity index (χ3v) is 6.50. The first-order valence-electron chi connectivity index (χ1n) is 10.7. The molecule has 1 fully saturated rings. The van der Waals surface area contributed by atoms with E-state index in [1.807, 2.05) is 53.2 Å². The minimum absolute atomic E-state index is 0.0460. The number of likely N-dealkylation sites (tertiary alicyclic amines) is 1. The number of nitrogens with one attached hydrogen (secondary N) is 1. The molecule has 2 aliphatic rings. The van der Waals surface area contributed by atoms with Crippen molar-refractivity contribution in [2.45, 2.75) is 18.4 Å². The van der Waals surface area contributed by atoms with E-state index in [1.165, 1.54) is 0 Å². The predicted molar refractivity (Wildman–Crippen MR) is 118 cm³/mol. The number of fused-ring (bicyclic) bond motifs is 4. The highest BCUT2D eigenvalue weighted by atomic mass is 16.5. The van der Waals surface area contributed by atoms with Gasteiger partial charge in [-0.1, -0.05) is 12.1 Å². The maximum atomic E-state index is 13.1. The van der Waals surface area contributed by atoms with Crippen molar-refractivity contribution in [3.8, 4) is 28.4 Å². The standard InChI is InChI=1S/C24H22N6O2/c1-29-21-17-4-2-3-5-20(17)32-24(18(21)14-27-29)8-12-30(13-9-24)23(31)19-15-26-22(28-19)16-6-10-25-11-7-16/h2-7,10-11,14-15H,8-9,12-13H2,1H3,(H,26,28). The van der Waals surface area contributed by atoms with E-state index in [2.05, 4.69) is 26.1 Å². The molecule has 3 aromatic heterocycles. The highest BCUT2D eigenvalue weighted by Gasteiger charge is 2.46. The summed E-state index contributed by atoms with van der Waals surface area (Å²) in [6.07, 6.45) is 8.35. The number of carbonyl (C=O) groups excluding carboxylic acids is 1. The Morgan fingerprint density at radius 3 is 2.69 bits per heavy atom. The molecule has 8 heteroatoms. The Hall–Kier alpha value is -3.94. The molecule has 5 heterocycles. The number of amides is 1. The third-order valence-electron chi connectivity index (χ3n) is 6.50. The van der Waals surface area contributed by atoms with Crippen molar-refractivity contribution >= 4 is 5.91 Å². The average Bonchev–Trinajstić information content (AvgIpc) is 3.48. The summed E-state index contributed by atoms with van der Waals surface area (Å²) < 4.78 is 8.50. The number of nitrogens with zero attached hydrogens (tertiary/aromatic N) is 5. The Morgan fingerprint density at radius 2 is 1.88 bits per heavy atom. The van der Waals surface area contributed by atoms with Gasteiger partial charge in [-0.3, -0.25) is 14.5 Å². The number of hydrogen-bond acceptors (Lipinski definition) is 5. The average molecular weight is 426 g/mol. The summed E-state index contributed by atoms with van der Waals surface area (Å²) in [6.45, 7) is 1.19. The molecule has 1 N–H and O–H groups in total. The number of ether oxygens (including phenoxy) is 1. The second-order valence-electron chi connectivity index (χ2n) is 8.30. The number of pyridine rings is 1. The lowest BCUT2D eigenvalue weighted by Gasteiger charge is -2.44. The van der Waals surface area contributed by atoms with Crippen LogP contribution in [0.1, 0.15) is 28.9 Å². The van der Waals surface area contributed by atoms with Gasteiger partial charge in [0.25, 0.3) is 5.91 Å². The topological polar surface area (TPSA) is 88.9 Å². The van der Waals surface area contributed by atoms with E-state index in [1.54, 1.807) is 18.6 Å². The highest BCUT2D eigenvalue weighted by Crippen LogP contribution is 2.49. The molecule has 1 amide bonds. The number of aryl methyl sites for hydroxylation is 1. The van der Waals surface area contributed by atoms with E-state index in [0.717, 1.165) is 28.1 Å². The molecule has 1 saturated heterocycles. The summed E-state index contributed by atoms with van der Waals surface area (Å²) in [6, 6.07) is 11.8. The molecule has 0 bridgehead atoms. The van der Waals surface area contributed by atoms with E-state index < -0.39 is 5.60 Å². The highest BCUT2D eigenvalue weighted by molar-refractivity contribution is 5.93. The smallest absolute Gasteiger partial charge is 0.271 e. The number of aromatic amines is 1. The first-order valence-corrected chi connectivity index (χ1v) is 10.7. The van der Waals surface area contributed by atoms with Crippen molar-refractivity contribution in [2.24, 2.45) is 7.05 Å². The molecular weight excluding hydrogens is 404 g/mol. The summed E-state index contributed by atoms with van der Waals surface area (Å²) in [4.78, 5) is 26.6. The van der Waals surface area contributed by atoms with Crippen LogP contribution in [0, 0.1) is 0 Å².